The van der Waals surface area contributed by atoms with Gasteiger partial charge in [0.05, 0.1) is 10.0 Å². The van der Waals surface area contributed by atoms with Crippen molar-refractivity contribution < 1.29 is 0 Å². The summed E-state index contributed by atoms with van der Waals surface area (Å²) < 4.78 is 0. The van der Waals surface area contributed by atoms with Crippen LogP contribution in [0, 0.1) is 6.92 Å². The van der Waals surface area contributed by atoms with E-state index in [4.69, 9.17) is 34.8 Å². The molecule has 2 aromatic rings. The maximum absolute atomic E-state index is 6.13. The Hall–Kier alpha value is -1.16. The number of hydrogen-bond acceptors (Lipinski definition) is 3. The fourth-order valence-corrected chi connectivity index (χ4v) is 2.27. The lowest BCUT2D eigenvalue weighted by atomic mass is 10.2. The average molecular weight is 317 g/mol. The third-order valence-electron chi connectivity index (χ3n) is 2.69. The summed E-state index contributed by atoms with van der Waals surface area (Å²) in [5.74, 6) is 1.09. The predicted octanol–water partition coefficient (Wildman–Crippen LogP) is 5.14. The Labute approximate surface area is 126 Å². The van der Waals surface area contributed by atoms with Gasteiger partial charge in [0, 0.05) is 17.8 Å². The van der Waals surface area contributed by atoms with E-state index in [0.717, 1.165) is 11.3 Å². The number of pyridine rings is 1. The van der Waals surface area contributed by atoms with Crippen LogP contribution in [-0.4, -0.2) is 12.0 Å². The summed E-state index contributed by atoms with van der Waals surface area (Å²) in [7, 11) is 1.75. The molecule has 100 valence electrons. The Balaban J connectivity index is 2.41. The number of nitrogens with one attached hydrogen (secondary N) is 2. The molecule has 0 saturated carbocycles. The van der Waals surface area contributed by atoms with Crippen LogP contribution < -0.4 is 10.6 Å². The molecule has 0 bridgehead atoms. The molecule has 0 saturated heterocycles. The van der Waals surface area contributed by atoms with Crippen LogP contribution in [0.25, 0.3) is 0 Å². The molecule has 1 heterocycles. The standard InChI is InChI=1S/C13H12Cl3N3/c1-7-8(14)4-3-5-11(7)18-13-10(16)6-9(15)12(17-2)19-13/h3-6H,1-2H3,(H2,17,18,19). The summed E-state index contributed by atoms with van der Waals surface area (Å²) in [6, 6.07) is 7.25. The third-order valence-corrected chi connectivity index (χ3v) is 3.67. The van der Waals surface area contributed by atoms with E-state index in [9.17, 15) is 0 Å². The third kappa shape index (κ3) is 3.06. The normalized spacial score (nSPS) is 10.4. The van der Waals surface area contributed by atoms with Crippen LogP contribution in [-0.2, 0) is 0 Å². The Morgan fingerprint density at radius 1 is 1.00 bits per heavy atom. The first-order valence-corrected chi connectivity index (χ1v) is 6.72. The zero-order chi connectivity index (χ0) is 14.0. The predicted molar refractivity (Wildman–Crippen MR) is 83.3 cm³/mol. The van der Waals surface area contributed by atoms with Crippen molar-refractivity contribution in [1.29, 1.82) is 0 Å². The Morgan fingerprint density at radius 2 is 1.68 bits per heavy atom. The van der Waals surface area contributed by atoms with Crippen LogP contribution in [0.4, 0.5) is 17.3 Å². The lowest BCUT2D eigenvalue weighted by Gasteiger charge is -2.13. The van der Waals surface area contributed by atoms with Crippen molar-refractivity contribution in [1.82, 2.24) is 4.98 Å². The highest BCUT2D eigenvalue weighted by Gasteiger charge is 2.10. The largest absolute Gasteiger partial charge is 0.372 e. The second-order valence-corrected chi connectivity index (χ2v) is 5.16. The van der Waals surface area contributed by atoms with Crippen molar-refractivity contribution in [3.05, 3.63) is 44.9 Å². The van der Waals surface area contributed by atoms with Gasteiger partial charge in [-0.25, -0.2) is 4.98 Å². The van der Waals surface area contributed by atoms with E-state index in [2.05, 4.69) is 15.6 Å². The highest BCUT2D eigenvalue weighted by molar-refractivity contribution is 6.37. The van der Waals surface area contributed by atoms with Crippen LogP contribution >= 0.6 is 34.8 Å². The van der Waals surface area contributed by atoms with Gasteiger partial charge in [0.25, 0.3) is 0 Å². The molecule has 0 aliphatic rings. The van der Waals surface area contributed by atoms with Crippen molar-refractivity contribution in [2.75, 3.05) is 17.7 Å². The maximum Gasteiger partial charge on any atom is 0.151 e. The summed E-state index contributed by atoms with van der Waals surface area (Å²) in [4.78, 5) is 4.33. The smallest absolute Gasteiger partial charge is 0.151 e. The fourth-order valence-electron chi connectivity index (χ4n) is 1.60. The van der Waals surface area contributed by atoms with Gasteiger partial charge in [-0.05, 0) is 30.7 Å². The maximum atomic E-state index is 6.13. The van der Waals surface area contributed by atoms with Crippen molar-refractivity contribution in [3.63, 3.8) is 0 Å². The van der Waals surface area contributed by atoms with Crippen LogP contribution in [0.2, 0.25) is 15.1 Å². The first-order chi connectivity index (χ1) is 9.02. The summed E-state index contributed by atoms with van der Waals surface area (Å²) >= 11 is 18.2. The number of rotatable bonds is 3. The van der Waals surface area contributed by atoms with Gasteiger partial charge < -0.3 is 10.6 Å². The fraction of sp³-hybridized carbons (Fsp3) is 0.154. The van der Waals surface area contributed by atoms with Crippen LogP contribution in [0.5, 0.6) is 0 Å². The van der Waals surface area contributed by atoms with Crippen molar-refractivity contribution in [2.24, 2.45) is 0 Å². The lowest BCUT2D eigenvalue weighted by molar-refractivity contribution is 1.27. The number of anilines is 3. The number of aromatic nitrogens is 1. The van der Waals surface area contributed by atoms with E-state index in [0.29, 0.717) is 26.7 Å². The van der Waals surface area contributed by atoms with E-state index in [-0.39, 0.29) is 0 Å². The molecule has 0 fully saturated rings. The lowest BCUT2D eigenvalue weighted by Crippen LogP contribution is -2.01. The minimum Gasteiger partial charge on any atom is -0.372 e. The van der Waals surface area contributed by atoms with Crippen molar-refractivity contribution in [2.45, 2.75) is 6.92 Å². The second kappa shape index (κ2) is 5.87. The average Bonchev–Trinajstić information content (AvgIpc) is 2.38. The molecule has 0 spiro atoms. The van der Waals surface area contributed by atoms with E-state index in [1.165, 1.54) is 0 Å². The van der Waals surface area contributed by atoms with Gasteiger partial charge in [-0.15, -0.1) is 0 Å². The van der Waals surface area contributed by atoms with Gasteiger partial charge in [-0.1, -0.05) is 40.9 Å². The quantitative estimate of drug-likeness (QED) is 0.823. The molecule has 6 heteroatoms. The number of nitrogens with zero attached hydrogens (tertiary/aromatic N) is 1. The topological polar surface area (TPSA) is 37.0 Å². The zero-order valence-electron chi connectivity index (χ0n) is 10.4. The number of hydrogen-bond donors (Lipinski definition) is 2. The van der Waals surface area contributed by atoms with Crippen LogP contribution in [0.15, 0.2) is 24.3 Å². The van der Waals surface area contributed by atoms with E-state index >= 15 is 0 Å². The molecule has 0 aliphatic heterocycles. The first-order valence-electron chi connectivity index (χ1n) is 5.59. The van der Waals surface area contributed by atoms with Crippen LogP contribution in [0.3, 0.4) is 0 Å². The van der Waals surface area contributed by atoms with Gasteiger partial charge in [0.2, 0.25) is 0 Å². The molecule has 19 heavy (non-hydrogen) atoms. The molecule has 0 atom stereocenters. The number of benzene rings is 1. The Bertz CT molecular complexity index is 614. The molecule has 0 unspecified atom stereocenters. The van der Waals surface area contributed by atoms with Gasteiger partial charge in [-0.2, -0.15) is 0 Å². The summed E-state index contributed by atoms with van der Waals surface area (Å²) in [5, 5.41) is 7.67. The van der Waals surface area contributed by atoms with Crippen LogP contribution in [0.1, 0.15) is 5.56 Å². The zero-order valence-corrected chi connectivity index (χ0v) is 12.7. The van der Waals surface area contributed by atoms with E-state index < -0.39 is 0 Å². The highest BCUT2D eigenvalue weighted by atomic mass is 35.5. The SMILES string of the molecule is CNc1nc(Nc2cccc(Cl)c2C)c(Cl)cc1Cl. The molecule has 3 nitrogen and oxygen atoms in total. The highest BCUT2D eigenvalue weighted by Crippen LogP contribution is 2.32. The molecule has 0 amide bonds. The molecule has 2 rings (SSSR count). The molecule has 1 aromatic carbocycles. The minimum atomic E-state index is 0.448. The first kappa shape index (κ1) is 14.3. The summed E-state index contributed by atoms with van der Waals surface area (Å²) in [6.07, 6.45) is 0. The van der Waals surface area contributed by atoms with Gasteiger partial charge >= 0.3 is 0 Å². The summed E-state index contributed by atoms with van der Waals surface area (Å²) in [6.45, 7) is 1.92. The molecule has 1 aromatic heterocycles. The molecule has 0 radical (unpaired) electrons. The summed E-state index contributed by atoms with van der Waals surface area (Å²) in [5.41, 5.74) is 1.79. The Morgan fingerprint density at radius 3 is 2.37 bits per heavy atom. The minimum absolute atomic E-state index is 0.448. The van der Waals surface area contributed by atoms with E-state index in [1.54, 1.807) is 13.1 Å². The number of halogens is 3. The van der Waals surface area contributed by atoms with Gasteiger partial charge in [0.1, 0.15) is 5.82 Å². The van der Waals surface area contributed by atoms with Crippen molar-refractivity contribution >= 4 is 52.1 Å². The molecular weight excluding hydrogens is 305 g/mol. The monoisotopic (exact) mass is 315 g/mol. The van der Waals surface area contributed by atoms with Crippen molar-refractivity contribution in [3.8, 4) is 0 Å². The van der Waals surface area contributed by atoms with E-state index in [1.807, 2.05) is 25.1 Å². The molecule has 0 aliphatic carbocycles. The van der Waals surface area contributed by atoms with Gasteiger partial charge in [-0.3, -0.25) is 0 Å². The second-order valence-electron chi connectivity index (χ2n) is 3.94. The molecular formula is C13H12Cl3N3. The molecule has 2 N–H and O–H groups in total. The van der Waals surface area contributed by atoms with Gasteiger partial charge in [0.15, 0.2) is 5.82 Å². The Kier molecular flexibility index (Phi) is 4.40.